The van der Waals surface area contributed by atoms with Crippen molar-refractivity contribution in [2.45, 2.75) is 52.0 Å². The number of nitrogens with one attached hydrogen (secondary N) is 2. The molecule has 22 heavy (non-hydrogen) atoms. The molecule has 4 heteroatoms. The summed E-state index contributed by atoms with van der Waals surface area (Å²) in [5, 5.41) is 6.28. The lowest BCUT2D eigenvalue weighted by atomic mass is 9.95. The molecule has 1 aliphatic carbocycles. The first kappa shape index (κ1) is 16.7. The van der Waals surface area contributed by atoms with Crippen molar-refractivity contribution in [3.8, 4) is 5.75 Å². The van der Waals surface area contributed by atoms with Crippen LogP contribution in [0, 0.1) is 5.92 Å². The number of carbonyl (C=O) groups excluding carboxylic acids is 1. The van der Waals surface area contributed by atoms with E-state index in [0.717, 1.165) is 24.3 Å². The molecule has 0 bridgehead atoms. The summed E-state index contributed by atoms with van der Waals surface area (Å²) < 4.78 is 5.70. The van der Waals surface area contributed by atoms with Gasteiger partial charge in [0, 0.05) is 17.8 Å². The fourth-order valence-corrected chi connectivity index (χ4v) is 2.67. The number of ether oxygens (including phenoxy) is 1. The molecule has 1 saturated carbocycles. The van der Waals surface area contributed by atoms with Crippen LogP contribution in [0.1, 0.15) is 46.0 Å². The Morgan fingerprint density at radius 3 is 2.77 bits per heavy atom. The van der Waals surface area contributed by atoms with Crippen molar-refractivity contribution in [1.29, 1.82) is 0 Å². The van der Waals surface area contributed by atoms with Crippen LogP contribution in [-0.2, 0) is 4.79 Å². The summed E-state index contributed by atoms with van der Waals surface area (Å²) in [6, 6.07) is 8.14. The maximum Gasteiger partial charge on any atom is 0.239 e. The van der Waals surface area contributed by atoms with Gasteiger partial charge in [0.15, 0.2) is 0 Å². The largest absolute Gasteiger partial charge is 0.493 e. The molecule has 0 unspecified atom stereocenters. The summed E-state index contributed by atoms with van der Waals surface area (Å²) in [6.07, 6.45) is 5.99. The SMILES string of the molecule is CC(C)COc1cccc(NCC(=O)NC2CCCCC2)c1. The first-order chi connectivity index (χ1) is 10.6. The zero-order valence-corrected chi connectivity index (χ0v) is 13.7. The highest BCUT2D eigenvalue weighted by molar-refractivity contribution is 5.81. The Balaban J connectivity index is 1.75. The predicted molar refractivity (Wildman–Crippen MR) is 90.3 cm³/mol. The fraction of sp³-hybridized carbons (Fsp3) is 0.611. The van der Waals surface area contributed by atoms with E-state index >= 15 is 0 Å². The Hall–Kier alpha value is -1.71. The number of amides is 1. The van der Waals surface area contributed by atoms with Gasteiger partial charge in [-0.2, -0.15) is 0 Å². The third kappa shape index (κ3) is 5.96. The number of rotatable bonds is 7. The van der Waals surface area contributed by atoms with Crippen molar-refractivity contribution in [3.63, 3.8) is 0 Å². The average Bonchev–Trinajstić information content (AvgIpc) is 2.52. The zero-order valence-electron chi connectivity index (χ0n) is 13.7. The van der Waals surface area contributed by atoms with Gasteiger partial charge in [-0.05, 0) is 30.9 Å². The van der Waals surface area contributed by atoms with Crippen molar-refractivity contribution >= 4 is 11.6 Å². The molecule has 0 radical (unpaired) electrons. The van der Waals surface area contributed by atoms with Gasteiger partial charge in [-0.1, -0.05) is 39.2 Å². The summed E-state index contributed by atoms with van der Waals surface area (Å²) >= 11 is 0. The molecular formula is C18H28N2O2. The van der Waals surface area contributed by atoms with Crippen molar-refractivity contribution in [3.05, 3.63) is 24.3 Å². The number of hydrogen-bond donors (Lipinski definition) is 2. The molecule has 0 spiro atoms. The Labute approximate surface area is 133 Å². The lowest BCUT2D eigenvalue weighted by Crippen LogP contribution is -2.39. The van der Waals surface area contributed by atoms with Crippen LogP contribution in [-0.4, -0.2) is 25.1 Å². The normalized spacial score (nSPS) is 15.6. The Morgan fingerprint density at radius 2 is 2.05 bits per heavy atom. The van der Waals surface area contributed by atoms with E-state index in [9.17, 15) is 4.79 Å². The monoisotopic (exact) mass is 304 g/mol. The van der Waals surface area contributed by atoms with Gasteiger partial charge in [0.2, 0.25) is 5.91 Å². The molecule has 0 aliphatic heterocycles. The van der Waals surface area contributed by atoms with Crippen LogP contribution in [0.2, 0.25) is 0 Å². The minimum atomic E-state index is 0.0698. The standard InChI is InChI=1S/C18H28N2O2/c1-14(2)13-22-17-10-6-9-16(11-17)19-12-18(21)20-15-7-4-3-5-8-15/h6,9-11,14-15,19H,3-5,7-8,12-13H2,1-2H3,(H,20,21). The van der Waals surface area contributed by atoms with E-state index < -0.39 is 0 Å². The summed E-state index contributed by atoms with van der Waals surface area (Å²) in [5.74, 6) is 1.41. The van der Waals surface area contributed by atoms with Gasteiger partial charge in [-0.3, -0.25) is 4.79 Å². The molecule has 0 heterocycles. The first-order valence-electron chi connectivity index (χ1n) is 8.39. The maximum atomic E-state index is 12.0. The Bertz CT molecular complexity index is 468. The van der Waals surface area contributed by atoms with Crippen LogP contribution in [0.3, 0.4) is 0 Å². The van der Waals surface area contributed by atoms with Crippen LogP contribution >= 0.6 is 0 Å². The van der Waals surface area contributed by atoms with Gasteiger partial charge in [0.05, 0.1) is 13.2 Å². The molecule has 2 rings (SSSR count). The summed E-state index contributed by atoms with van der Waals surface area (Å²) in [6.45, 7) is 5.26. The second kappa shape index (κ2) is 8.66. The van der Waals surface area contributed by atoms with Crippen molar-refractivity contribution in [2.24, 2.45) is 5.92 Å². The highest BCUT2D eigenvalue weighted by Crippen LogP contribution is 2.19. The first-order valence-corrected chi connectivity index (χ1v) is 8.39. The van der Waals surface area contributed by atoms with Crippen molar-refractivity contribution in [1.82, 2.24) is 5.32 Å². The third-order valence-electron chi connectivity index (χ3n) is 3.84. The van der Waals surface area contributed by atoms with E-state index in [-0.39, 0.29) is 5.91 Å². The van der Waals surface area contributed by atoms with E-state index in [0.29, 0.717) is 25.1 Å². The van der Waals surface area contributed by atoms with Gasteiger partial charge in [-0.25, -0.2) is 0 Å². The minimum absolute atomic E-state index is 0.0698. The number of anilines is 1. The molecule has 1 aliphatic rings. The molecule has 122 valence electrons. The number of benzene rings is 1. The van der Waals surface area contributed by atoms with Crippen LogP contribution in [0.25, 0.3) is 0 Å². The van der Waals surface area contributed by atoms with Crippen molar-refractivity contribution < 1.29 is 9.53 Å². The fourth-order valence-electron chi connectivity index (χ4n) is 2.67. The van der Waals surface area contributed by atoms with Gasteiger partial charge >= 0.3 is 0 Å². The zero-order chi connectivity index (χ0) is 15.8. The quantitative estimate of drug-likeness (QED) is 0.809. The summed E-state index contributed by atoms with van der Waals surface area (Å²) in [5.41, 5.74) is 0.917. The number of hydrogen-bond acceptors (Lipinski definition) is 3. The molecule has 1 aromatic rings. The molecule has 1 aromatic carbocycles. The summed E-state index contributed by atoms with van der Waals surface area (Å²) in [4.78, 5) is 12.0. The van der Waals surface area contributed by atoms with E-state index in [4.69, 9.17) is 4.74 Å². The second-order valence-electron chi connectivity index (χ2n) is 6.49. The molecule has 2 N–H and O–H groups in total. The second-order valence-corrected chi connectivity index (χ2v) is 6.49. The average molecular weight is 304 g/mol. The molecular weight excluding hydrogens is 276 g/mol. The molecule has 4 nitrogen and oxygen atoms in total. The van der Waals surface area contributed by atoms with Gasteiger partial charge < -0.3 is 15.4 Å². The Morgan fingerprint density at radius 1 is 1.27 bits per heavy atom. The lowest BCUT2D eigenvalue weighted by molar-refractivity contribution is -0.120. The van der Waals surface area contributed by atoms with Crippen LogP contribution in [0.5, 0.6) is 5.75 Å². The van der Waals surface area contributed by atoms with Crippen LogP contribution in [0.4, 0.5) is 5.69 Å². The predicted octanol–water partition coefficient (Wildman–Crippen LogP) is 3.58. The molecule has 0 saturated heterocycles. The molecule has 1 amide bonds. The van der Waals surface area contributed by atoms with Crippen LogP contribution < -0.4 is 15.4 Å². The maximum absolute atomic E-state index is 12.0. The van der Waals surface area contributed by atoms with Crippen molar-refractivity contribution in [2.75, 3.05) is 18.5 Å². The smallest absolute Gasteiger partial charge is 0.239 e. The highest BCUT2D eigenvalue weighted by atomic mass is 16.5. The van der Waals surface area contributed by atoms with E-state index in [1.54, 1.807) is 0 Å². The molecule has 0 aromatic heterocycles. The van der Waals surface area contributed by atoms with E-state index in [1.807, 2.05) is 24.3 Å². The van der Waals surface area contributed by atoms with Gasteiger partial charge in [0.1, 0.15) is 5.75 Å². The highest BCUT2D eigenvalue weighted by Gasteiger charge is 2.15. The topological polar surface area (TPSA) is 50.4 Å². The van der Waals surface area contributed by atoms with Crippen LogP contribution in [0.15, 0.2) is 24.3 Å². The minimum Gasteiger partial charge on any atom is -0.493 e. The molecule has 1 fully saturated rings. The van der Waals surface area contributed by atoms with Gasteiger partial charge in [-0.15, -0.1) is 0 Å². The molecule has 0 atom stereocenters. The Kier molecular flexibility index (Phi) is 6.56. The van der Waals surface area contributed by atoms with E-state index in [1.165, 1.54) is 19.3 Å². The van der Waals surface area contributed by atoms with Gasteiger partial charge in [0.25, 0.3) is 0 Å². The summed E-state index contributed by atoms with van der Waals surface area (Å²) in [7, 11) is 0. The lowest BCUT2D eigenvalue weighted by Gasteiger charge is -2.22. The third-order valence-corrected chi connectivity index (χ3v) is 3.84. The number of carbonyl (C=O) groups is 1. The van der Waals surface area contributed by atoms with E-state index in [2.05, 4.69) is 24.5 Å².